The average molecular weight is 412 g/mol. The Morgan fingerprint density at radius 2 is 1.69 bits per heavy atom. The summed E-state index contributed by atoms with van der Waals surface area (Å²) in [6.45, 7) is 2.36. The molecule has 0 N–H and O–H groups in total. The lowest BCUT2D eigenvalue weighted by Crippen LogP contribution is -2.48. The third-order valence-corrected chi connectivity index (χ3v) is 5.70. The molecule has 0 bridgehead atoms. The number of rotatable bonds is 4. The standard InChI is InChI=1S/C20H17FN4O3S/c21-15-3-1-14(2-4-15)19-22-18(13-29-19)20(26)24-11-9-23(10-12-24)16-5-7-17(8-6-16)25(27)28/h1-8,13H,9-12H2. The third-order valence-electron chi connectivity index (χ3n) is 4.81. The summed E-state index contributed by atoms with van der Waals surface area (Å²) in [6, 6.07) is 12.5. The van der Waals surface area contributed by atoms with E-state index in [4.69, 9.17) is 0 Å². The molecule has 0 unspecified atom stereocenters. The van der Waals surface area contributed by atoms with Gasteiger partial charge < -0.3 is 9.80 Å². The van der Waals surface area contributed by atoms with Gasteiger partial charge in [0, 0.05) is 54.9 Å². The molecule has 3 aromatic rings. The highest BCUT2D eigenvalue weighted by Gasteiger charge is 2.24. The van der Waals surface area contributed by atoms with E-state index in [0.29, 0.717) is 36.9 Å². The molecule has 2 heterocycles. The fraction of sp³-hybridized carbons (Fsp3) is 0.200. The zero-order chi connectivity index (χ0) is 20.4. The van der Waals surface area contributed by atoms with Crippen LogP contribution in [0.4, 0.5) is 15.8 Å². The highest BCUT2D eigenvalue weighted by molar-refractivity contribution is 7.13. The number of carbonyl (C=O) groups excluding carboxylic acids is 1. The maximum absolute atomic E-state index is 13.1. The Morgan fingerprint density at radius 1 is 1.03 bits per heavy atom. The quantitative estimate of drug-likeness (QED) is 0.481. The lowest BCUT2D eigenvalue weighted by molar-refractivity contribution is -0.384. The van der Waals surface area contributed by atoms with Crippen LogP contribution in [0.5, 0.6) is 0 Å². The first-order valence-corrected chi connectivity index (χ1v) is 9.89. The van der Waals surface area contributed by atoms with Gasteiger partial charge in [-0.25, -0.2) is 9.37 Å². The van der Waals surface area contributed by atoms with Gasteiger partial charge in [0.25, 0.3) is 11.6 Å². The summed E-state index contributed by atoms with van der Waals surface area (Å²) in [5.41, 5.74) is 2.12. The normalized spacial score (nSPS) is 14.1. The summed E-state index contributed by atoms with van der Waals surface area (Å²) in [7, 11) is 0. The van der Waals surface area contributed by atoms with Crippen molar-refractivity contribution in [1.29, 1.82) is 0 Å². The van der Waals surface area contributed by atoms with Crippen molar-refractivity contribution in [3.05, 3.63) is 75.5 Å². The van der Waals surface area contributed by atoms with Gasteiger partial charge in [0.1, 0.15) is 16.5 Å². The maximum atomic E-state index is 13.1. The van der Waals surface area contributed by atoms with Crippen molar-refractivity contribution < 1.29 is 14.1 Å². The molecule has 0 aliphatic carbocycles. The van der Waals surface area contributed by atoms with Crippen molar-refractivity contribution in [2.24, 2.45) is 0 Å². The smallest absolute Gasteiger partial charge is 0.273 e. The van der Waals surface area contributed by atoms with Gasteiger partial charge in [0.15, 0.2) is 0 Å². The minimum atomic E-state index is -0.422. The Balaban J connectivity index is 1.39. The summed E-state index contributed by atoms with van der Waals surface area (Å²) >= 11 is 1.36. The third kappa shape index (κ3) is 4.09. The van der Waals surface area contributed by atoms with Crippen molar-refractivity contribution in [3.63, 3.8) is 0 Å². The lowest BCUT2D eigenvalue weighted by atomic mass is 10.2. The molecule has 4 rings (SSSR count). The number of amides is 1. The molecule has 29 heavy (non-hydrogen) atoms. The second-order valence-corrected chi connectivity index (χ2v) is 7.46. The number of nitrogens with zero attached hydrogens (tertiary/aromatic N) is 4. The molecule has 0 spiro atoms. The van der Waals surface area contributed by atoms with Gasteiger partial charge in [-0.2, -0.15) is 0 Å². The van der Waals surface area contributed by atoms with E-state index in [0.717, 1.165) is 11.3 Å². The van der Waals surface area contributed by atoms with E-state index in [9.17, 15) is 19.3 Å². The Labute approximate surface area is 170 Å². The highest BCUT2D eigenvalue weighted by Crippen LogP contribution is 2.25. The molecule has 1 aliphatic heterocycles. The van der Waals surface area contributed by atoms with E-state index in [-0.39, 0.29) is 17.4 Å². The maximum Gasteiger partial charge on any atom is 0.273 e. The van der Waals surface area contributed by atoms with E-state index in [1.54, 1.807) is 34.5 Å². The minimum Gasteiger partial charge on any atom is -0.368 e. The SMILES string of the molecule is O=C(c1csc(-c2ccc(F)cc2)n1)N1CCN(c2ccc([N+](=O)[O-])cc2)CC1. The molecule has 1 aromatic heterocycles. The van der Waals surface area contributed by atoms with Gasteiger partial charge in [0.2, 0.25) is 0 Å². The monoisotopic (exact) mass is 412 g/mol. The van der Waals surface area contributed by atoms with Crippen molar-refractivity contribution in [2.45, 2.75) is 0 Å². The number of hydrogen-bond acceptors (Lipinski definition) is 6. The van der Waals surface area contributed by atoms with E-state index in [1.807, 2.05) is 0 Å². The summed E-state index contributed by atoms with van der Waals surface area (Å²) in [5, 5.41) is 13.2. The van der Waals surface area contributed by atoms with Crippen LogP contribution in [-0.4, -0.2) is 46.9 Å². The largest absolute Gasteiger partial charge is 0.368 e. The zero-order valence-electron chi connectivity index (χ0n) is 15.3. The molecule has 7 nitrogen and oxygen atoms in total. The molecule has 1 aliphatic rings. The molecule has 1 amide bonds. The highest BCUT2D eigenvalue weighted by atomic mass is 32.1. The molecule has 9 heteroatoms. The molecule has 148 valence electrons. The number of aromatic nitrogens is 1. The molecule has 1 saturated heterocycles. The van der Waals surface area contributed by atoms with E-state index in [1.165, 1.54) is 35.6 Å². The van der Waals surface area contributed by atoms with Crippen LogP contribution in [0.15, 0.2) is 53.9 Å². The summed E-state index contributed by atoms with van der Waals surface area (Å²) in [6.07, 6.45) is 0. The molecule has 0 saturated carbocycles. The first-order chi connectivity index (χ1) is 14.0. The number of non-ortho nitro benzene ring substituents is 1. The van der Waals surface area contributed by atoms with Gasteiger partial charge in [-0.05, 0) is 36.4 Å². The fourth-order valence-corrected chi connectivity index (χ4v) is 4.01. The van der Waals surface area contributed by atoms with E-state index in [2.05, 4.69) is 9.88 Å². The predicted octanol–water partition coefficient (Wildman–Crippen LogP) is 3.82. The van der Waals surface area contributed by atoms with Crippen molar-refractivity contribution >= 4 is 28.6 Å². The van der Waals surface area contributed by atoms with Crippen LogP contribution in [0.1, 0.15) is 10.5 Å². The Morgan fingerprint density at radius 3 is 2.31 bits per heavy atom. The van der Waals surface area contributed by atoms with Crippen LogP contribution in [-0.2, 0) is 0 Å². The van der Waals surface area contributed by atoms with Crippen molar-refractivity contribution in [1.82, 2.24) is 9.88 Å². The van der Waals surface area contributed by atoms with Gasteiger partial charge in [-0.15, -0.1) is 11.3 Å². The van der Waals surface area contributed by atoms with Crippen LogP contribution < -0.4 is 4.90 Å². The molecule has 0 radical (unpaired) electrons. The second kappa shape index (κ2) is 7.96. The van der Waals surface area contributed by atoms with Crippen LogP contribution in [0.2, 0.25) is 0 Å². The first kappa shape index (κ1) is 19.0. The number of nitro groups is 1. The summed E-state index contributed by atoms with van der Waals surface area (Å²) in [5.74, 6) is -0.439. The number of nitro benzene ring substituents is 1. The lowest BCUT2D eigenvalue weighted by Gasteiger charge is -2.35. The average Bonchev–Trinajstić information content (AvgIpc) is 3.24. The van der Waals surface area contributed by atoms with Gasteiger partial charge >= 0.3 is 0 Å². The van der Waals surface area contributed by atoms with Gasteiger partial charge in [-0.3, -0.25) is 14.9 Å². The van der Waals surface area contributed by atoms with Gasteiger partial charge in [0.05, 0.1) is 4.92 Å². The molecule has 1 fully saturated rings. The van der Waals surface area contributed by atoms with Crippen molar-refractivity contribution in [2.75, 3.05) is 31.1 Å². The molecule has 0 atom stereocenters. The molecular weight excluding hydrogens is 395 g/mol. The molecule has 2 aromatic carbocycles. The predicted molar refractivity (Wildman–Crippen MR) is 109 cm³/mol. The van der Waals surface area contributed by atoms with Gasteiger partial charge in [-0.1, -0.05) is 0 Å². The fourth-order valence-electron chi connectivity index (χ4n) is 3.21. The number of benzene rings is 2. The van der Waals surface area contributed by atoms with E-state index < -0.39 is 4.92 Å². The topological polar surface area (TPSA) is 79.6 Å². The number of carbonyl (C=O) groups is 1. The van der Waals surface area contributed by atoms with E-state index >= 15 is 0 Å². The Hall–Kier alpha value is -3.33. The van der Waals surface area contributed by atoms with Crippen LogP contribution in [0.25, 0.3) is 10.6 Å². The first-order valence-electron chi connectivity index (χ1n) is 9.01. The molecular formula is C20H17FN4O3S. The van der Waals surface area contributed by atoms with Crippen LogP contribution in [0.3, 0.4) is 0 Å². The number of thiazole rings is 1. The Kier molecular flexibility index (Phi) is 5.22. The number of anilines is 1. The number of hydrogen-bond donors (Lipinski definition) is 0. The Bertz CT molecular complexity index is 1030. The number of piperazine rings is 1. The number of halogens is 1. The zero-order valence-corrected chi connectivity index (χ0v) is 16.1. The van der Waals surface area contributed by atoms with Crippen molar-refractivity contribution in [3.8, 4) is 10.6 Å². The van der Waals surface area contributed by atoms with Crippen LogP contribution >= 0.6 is 11.3 Å². The summed E-state index contributed by atoms with van der Waals surface area (Å²) < 4.78 is 13.1. The summed E-state index contributed by atoms with van der Waals surface area (Å²) in [4.78, 5) is 31.4. The second-order valence-electron chi connectivity index (χ2n) is 6.60. The van der Waals surface area contributed by atoms with Crippen LogP contribution in [0, 0.1) is 15.9 Å². The minimum absolute atomic E-state index is 0.0584.